The summed E-state index contributed by atoms with van der Waals surface area (Å²) < 4.78 is 17.3. The van der Waals surface area contributed by atoms with Gasteiger partial charge < -0.3 is 19.5 Å². The monoisotopic (exact) mass is 372 g/mol. The summed E-state index contributed by atoms with van der Waals surface area (Å²) in [6.07, 6.45) is 3.81. The first kappa shape index (κ1) is 21.8. The van der Waals surface area contributed by atoms with Gasteiger partial charge in [-0.15, -0.1) is 0 Å². The highest BCUT2D eigenvalue weighted by molar-refractivity contribution is 5.68. The highest BCUT2D eigenvalue weighted by Gasteiger charge is 2.27. The van der Waals surface area contributed by atoms with Crippen LogP contribution in [0.1, 0.15) is 33.6 Å². The van der Waals surface area contributed by atoms with E-state index in [0.717, 1.165) is 12.8 Å². The van der Waals surface area contributed by atoms with E-state index in [9.17, 15) is 14.9 Å². The molecule has 148 valence electrons. The smallest absolute Gasteiger partial charge is 0.407 e. The molecule has 10 heteroatoms. The molecule has 0 aromatic carbocycles. The molecule has 26 heavy (non-hydrogen) atoms. The first-order valence-corrected chi connectivity index (χ1v) is 8.35. The maximum atomic E-state index is 11.7. The van der Waals surface area contributed by atoms with Gasteiger partial charge in [-0.2, -0.15) is 5.10 Å². The van der Waals surface area contributed by atoms with Crippen LogP contribution in [0.2, 0.25) is 0 Å². The number of nitrogens with zero attached hydrogens (tertiary/aromatic N) is 3. The van der Waals surface area contributed by atoms with E-state index in [-0.39, 0.29) is 17.8 Å². The average Bonchev–Trinajstić information content (AvgIpc) is 2.83. The van der Waals surface area contributed by atoms with E-state index >= 15 is 0 Å². The van der Waals surface area contributed by atoms with Gasteiger partial charge in [0.1, 0.15) is 24.1 Å². The summed E-state index contributed by atoms with van der Waals surface area (Å²) in [5, 5.41) is 16.4. The molecule has 1 N–H and O–H groups in total. The van der Waals surface area contributed by atoms with Crippen molar-refractivity contribution < 1.29 is 23.9 Å². The first-order valence-electron chi connectivity index (χ1n) is 8.35. The van der Waals surface area contributed by atoms with Crippen molar-refractivity contribution in [3.63, 3.8) is 0 Å². The van der Waals surface area contributed by atoms with E-state index in [0.29, 0.717) is 13.2 Å². The predicted molar refractivity (Wildman–Crippen MR) is 93.9 cm³/mol. The van der Waals surface area contributed by atoms with Crippen molar-refractivity contribution in [2.75, 3.05) is 20.3 Å². The Morgan fingerprint density at radius 1 is 1.50 bits per heavy atom. The summed E-state index contributed by atoms with van der Waals surface area (Å²) >= 11 is 0. The molecule has 0 bridgehead atoms. The van der Waals surface area contributed by atoms with Gasteiger partial charge in [0.05, 0.1) is 17.6 Å². The van der Waals surface area contributed by atoms with E-state index < -0.39 is 16.6 Å². The molecule has 1 aliphatic rings. The minimum atomic E-state index is -0.479. The van der Waals surface area contributed by atoms with Crippen molar-refractivity contribution in [3.05, 3.63) is 22.5 Å². The number of hydrogen-bond acceptors (Lipinski definition) is 7. The lowest BCUT2D eigenvalue weighted by atomic mass is 10.1. The lowest BCUT2D eigenvalue weighted by molar-refractivity contribution is -0.384. The Bertz CT molecular complexity index is 584. The number of nitrogens with one attached hydrogen (secondary N) is 1. The number of hydrogen-bond donors (Lipinski definition) is 1. The molecule has 0 spiro atoms. The average molecular weight is 372 g/mol. The normalized spacial score (nSPS) is 20.3. The van der Waals surface area contributed by atoms with Gasteiger partial charge in [0.25, 0.3) is 0 Å². The predicted octanol–water partition coefficient (Wildman–Crippen LogP) is 2.03. The van der Waals surface area contributed by atoms with Gasteiger partial charge in [-0.25, -0.2) is 4.79 Å². The Kier molecular flexibility index (Phi) is 8.46. The van der Waals surface area contributed by atoms with Crippen LogP contribution in [0.5, 0.6) is 0 Å². The second kappa shape index (κ2) is 10.1. The lowest BCUT2D eigenvalue weighted by Gasteiger charge is -2.26. The summed E-state index contributed by atoms with van der Waals surface area (Å²) in [6.45, 7) is 6.76. The molecular weight excluding hydrogens is 344 g/mol. The Hall–Kier alpha value is -2.20. The summed E-state index contributed by atoms with van der Waals surface area (Å²) in [6, 6.07) is -0.0441. The van der Waals surface area contributed by atoms with E-state index in [1.807, 2.05) is 20.8 Å². The highest BCUT2D eigenvalue weighted by atomic mass is 16.6. The Labute approximate surface area is 152 Å². The molecule has 2 unspecified atom stereocenters. The van der Waals surface area contributed by atoms with Crippen LogP contribution in [0.25, 0.3) is 0 Å². The SMILES string of the molecule is COC1COCCCC1NC(=O)OC(C)(C)C.Cn1cc([N+](=O)[O-])cn1. The van der Waals surface area contributed by atoms with Crippen LogP contribution >= 0.6 is 0 Å². The van der Waals surface area contributed by atoms with Crippen LogP contribution in [0.4, 0.5) is 10.5 Å². The molecule has 0 radical (unpaired) electrons. The topological polar surface area (TPSA) is 118 Å². The van der Waals surface area contributed by atoms with Gasteiger partial charge >= 0.3 is 11.8 Å². The second-order valence-corrected chi connectivity index (χ2v) is 6.87. The molecular formula is C16H28N4O6. The first-order chi connectivity index (χ1) is 12.1. The van der Waals surface area contributed by atoms with Gasteiger partial charge in [-0.1, -0.05) is 0 Å². The summed E-state index contributed by atoms with van der Waals surface area (Å²) in [7, 11) is 3.26. The molecule has 1 saturated heterocycles. The molecule has 1 aliphatic heterocycles. The summed E-state index contributed by atoms with van der Waals surface area (Å²) in [4.78, 5) is 21.2. The largest absolute Gasteiger partial charge is 0.444 e. The fraction of sp³-hybridized carbons (Fsp3) is 0.750. The van der Waals surface area contributed by atoms with Crippen molar-refractivity contribution in [2.24, 2.45) is 7.05 Å². The van der Waals surface area contributed by atoms with E-state index in [4.69, 9.17) is 14.2 Å². The van der Waals surface area contributed by atoms with Crippen LogP contribution in [0.15, 0.2) is 12.4 Å². The standard InChI is InChI=1S/C12H23NO4.C4H5N3O2/c1-12(2,3)17-11(14)13-9-6-5-7-16-8-10(9)15-4;1-6-3-4(2-5-6)7(8)9/h9-10H,5-8H2,1-4H3,(H,13,14);2-3H,1H3. The van der Waals surface area contributed by atoms with Crippen LogP contribution in [0.3, 0.4) is 0 Å². The van der Waals surface area contributed by atoms with Crippen LogP contribution in [-0.2, 0) is 21.3 Å². The number of ether oxygens (including phenoxy) is 3. The zero-order valence-electron chi connectivity index (χ0n) is 15.9. The van der Waals surface area contributed by atoms with E-state index in [1.54, 1.807) is 14.2 Å². The molecule has 2 rings (SSSR count). The minimum absolute atomic E-state index is 0.0255. The lowest BCUT2D eigenvalue weighted by Crippen LogP contribution is -2.46. The maximum absolute atomic E-state index is 11.7. The Morgan fingerprint density at radius 2 is 2.19 bits per heavy atom. The number of carbonyl (C=O) groups excluding carboxylic acids is 1. The Balaban J connectivity index is 0.000000314. The number of rotatable bonds is 3. The fourth-order valence-corrected chi connectivity index (χ4v) is 2.27. The number of amides is 1. The van der Waals surface area contributed by atoms with Gasteiger partial charge in [0.2, 0.25) is 0 Å². The number of methoxy groups -OCH3 is 1. The molecule has 1 amide bonds. The van der Waals surface area contributed by atoms with Crippen molar-refractivity contribution in [2.45, 2.75) is 51.4 Å². The minimum Gasteiger partial charge on any atom is -0.444 e. The maximum Gasteiger partial charge on any atom is 0.407 e. The summed E-state index contributed by atoms with van der Waals surface area (Å²) in [5.74, 6) is 0. The molecule has 1 aromatic rings. The summed E-state index contributed by atoms with van der Waals surface area (Å²) in [5.41, 5.74) is -0.453. The number of aromatic nitrogens is 2. The molecule has 1 aromatic heterocycles. The molecule has 0 aliphatic carbocycles. The van der Waals surface area contributed by atoms with Crippen LogP contribution < -0.4 is 5.32 Å². The van der Waals surface area contributed by atoms with Gasteiger partial charge in [-0.3, -0.25) is 14.8 Å². The van der Waals surface area contributed by atoms with Gasteiger partial charge in [0, 0.05) is 20.8 Å². The number of aryl methyl sites for hydroxylation is 1. The molecule has 1 fully saturated rings. The second-order valence-electron chi connectivity index (χ2n) is 6.87. The van der Waals surface area contributed by atoms with Crippen molar-refractivity contribution in [1.82, 2.24) is 15.1 Å². The number of alkyl carbamates (subject to hydrolysis) is 1. The third-order valence-corrected chi connectivity index (χ3v) is 3.44. The quantitative estimate of drug-likeness (QED) is 0.637. The number of carbonyl (C=O) groups is 1. The van der Waals surface area contributed by atoms with Crippen molar-refractivity contribution in [1.29, 1.82) is 0 Å². The fourth-order valence-electron chi connectivity index (χ4n) is 2.27. The third-order valence-electron chi connectivity index (χ3n) is 3.44. The molecule has 10 nitrogen and oxygen atoms in total. The molecule has 2 atom stereocenters. The molecule has 2 heterocycles. The van der Waals surface area contributed by atoms with E-state index in [1.165, 1.54) is 17.1 Å². The van der Waals surface area contributed by atoms with Crippen molar-refractivity contribution in [3.8, 4) is 0 Å². The van der Waals surface area contributed by atoms with Crippen LogP contribution in [-0.4, -0.2) is 58.9 Å². The van der Waals surface area contributed by atoms with Gasteiger partial charge in [0.15, 0.2) is 0 Å². The van der Waals surface area contributed by atoms with Crippen molar-refractivity contribution >= 4 is 11.8 Å². The van der Waals surface area contributed by atoms with E-state index in [2.05, 4.69) is 10.4 Å². The third kappa shape index (κ3) is 8.26. The highest BCUT2D eigenvalue weighted by Crippen LogP contribution is 2.13. The molecule has 0 saturated carbocycles. The number of nitro groups is 1. The zero-order valence-corrected chi connectivity index (χ0v) is 15.9. The van der Waals surface area contributed by atoms with Gasteiger partial charge in [-0.05, 0) is 33.6 Å². The van der Waals surface area contributed by atoms with Crippen LogP contribution in [0, 0.1) is 10.1 Å². The zero-order chi connectivity index (χ0) is 19.7. The Morgan fingerprint density at radius 3 is 2.65 bits per heavy atom.